The van der Waals surface area contributed by atoms with Crippen molar-refractivity contribution in [3.8, 4) is 0 Å². The molecule has 3 aromatic rings. The Morgan fingerprint density at radius 3 is 2.58 bits per heavy atom. The van der Waals surface area contributed by atoms with Crippen LogP contribution in [0.5, 0.6) is 0 Å². The average Bonchev–Trinajstić information content (AvgIpc) is 3.34. The maximum atomic E-state index is 12.9. The summed E-state index contributed by atoms with van der Waals surface area (Å²) in [4.78, 5) is 15.3. The van der Waals surface area contributed by atoms with Crippen molar-refractivity contribution in [2.24, 2.45) is 5.92 Å². The highest BCUT2D eigenvalue weighted by molar-refractivity contribution is 7.20. The number of thiophene rings is 1. The van der Waals surface area contributed by atoms with Crippen molar-refractivity contribution >= 4 is 27.3 Å². The van der Waals surface area contributed by atoms with Crippen LogP contribution in [0.15, 0.2) is 54.6 Å². The van der Waals surface area contributed by atoms with Gasteiger partial charge in [-0.05, 0) is 28.6 Å². The molecule has 3 heterocycles. The third-order valence-electron chi connectivity index (χ3n) is 5.51. The summed E-state index contributed by atoms with van der Waals surface area (Å²) in [5, 5.41) is 11.8. The number of fused-ring (bicyclic) bond motifs is 6. The molecule has 1 saturated heterocycles. The fourth-order valence-corrected chi connectivity index (χ4v) is 5.27. The Bertz CT molecular complexity index is 965. The van der Waals surface area contributed by atoms with Gasteiger partial charge >= 0.3 is 0 Å². The molecule has 1 aromatic heterocycles. The van der Waals surface area contributed by atoms with Crippen LogP contribution in [0.25, 0.3) is 10.1 Å². The number of amides is 1. The zero-order valence-electron chi connectivity index (χ0n) is 14.3. The van der Waals surface area contributed by atoms with E-state index in [-0.39, 0.29) is 24.0 Å². The molecular weight excluding hydrogens is 346 g/mol. The number of carbonyl (C=O) groups is 1. The maximum absolute atomic E-state index is 12.9. The molecule has 5 heteroatoms. The summed E-state index contributed by atoms with van der Waals surface area (Å²) >= 11 is 1.51. The number of aliphatic hydroxyl groups excluding tert-OH is 1. The van der Waals surface area contributed by atoms with Gasteiger partial charge in [0.1, 0.15) is 6.10 Å². The SMILES string of the molecule is CN(C[C@@H]1[C@H](O)[C@@H]2O[C@H]1c1ccccc12)C(=O)c1cc2ccccc2s1. The fraction of sp³-hybridized carbons (Fsp3) is 0.286. The molecule has 0 saturated carbocycles. The predicted octanol–water partition coefficient (Wildman–Crippen LogP) is 3.78. The Kier molecular flexibility index (Phi) is 3.64. The lowest BCUT2D eigenvalue weighted by molar-refractivity contribution is 0.0298. The van der Waals surface area contributed by atoms with Gasteiger partial charge in [-0.2, -0.15) is 0 Å². The first kappa shape index (κ1) is 16.0. The van der Waals surface area contributed by atoms with Crippen LogP contribution in [0.1, 0.15) is 33.0 Å². The van der Waals surface area contributed by atoms with Gasteiger partial charge in [0.2, 0.25) is 0 Å². The van der Waals surface area contributed by atoms with Gasteiger partial charge in [-0.25, -0.2) is 0 Å². The Morgan fingerprint density at radius 2 is 1.81 bits per heavy atom. The van der Waals surface area contributed by atoms with Crippen molar-refractivity contribution in [2.45, 2.75) is 18.3 Å². The fourth-order valence-electron chi connectivity index (χ4n) is 4.21. The number of rotatable bonds is 3. The average molecular weight is 365 g/mol. The number of nitrogens with zero attached hydrogens (tertiary/aromatic N) is 1. The van der Waals surface area contributed by atoms with E-state index in [1.165, 1.54) is 11.3 Å². The quantitative estimate of drug-likeness (QED) is 0.769. The largest absolute Gasteiger partial charge is 0.390 e. The van der Waals surface area contributed by atoms with E-state index < -0.39 is 6.10 Å². The summed E-state index contributed by atoms with van der Waals surface area (Å²) < 4.78 is 7.13. The van der Waals surface area contributed by atoms with Crippen LogP contribution in [-0.4, -0.2) is 35.6 Å². The Balaban J connectivity index is 1.37. The molecule has 1 fully saturated rings. The molecule has 1 amide bonds. The van der Waals surface area contributed by atoms with Gasteiger partial charge in [0.25, 0.3) is 5.91 Å². The second-order valence-corrected chi connectivity index (χ2v) is 8.18. The highest BCUT2D eigenvalue weighted by Gasteiger charge is 2.52. The van der Waals surface area contributed by atoms with Crippen molar-refractivity contribution in [1.82, 2.24) is 4.90 Å². The molecule has 5 rings (SSSR count). The Morgan fingerprint density at radius 1 is 1.12 bits per heavy atom. The van der Waals surface area contributed by atoms with Crippen LogP contribution in [0, 0.1) is 5.92 Å². The summed E-state index contributed by atoms with van der Waals surface area (Å²) in [7, 11) is 1.80. The highest BCUT2D eigenvalue weighted by Crippen LogP contribution is 2.53. The van der Waals surface area contributed by atoms with Gasteiger partial charge in [0.05, 0.1) is 17.1 Å². The lowest BCUT2D eigenvalue weighted by Gasteiger charge is -2.29. The molecule has 4 nitrogen and oxygen atoms in total. The van der Waals surface area contributed by atoms with Crippen molar-refractivity contribution in [3.63, 3.8) is 0 Å². The number of aliphatic hydroxyl groups is 1. The molecule has 0 aliphatic carbocycles. The lowest BCUT2D eigenvalue weighted by Crippen LogP contribution is -2.38. The van der Waals surface area contributed by atoms with Crippen LogP contribution >= 0.6 is 11.3 Å². The van der Waals surface area contributed by atoms with E-state index in [9.17, 15) is 9.90 Å². The molecule has 2 bridgehead atoms. The van der Waals surface area contributed by atoms with Crippen molar-refractivity contribution in [3.05, 3.63) is 70.6 Å². The topological polar surface area (TPSA) is 49.8 Å². The van der Waals surface area contributed by atoms with Crippen LogP contribution in [0.2, 0.25) is 0 Å². The molecule has 1 N–H and O–H groups in total. The summed E-state index contributed by atoms with van der Waals surface area (Å²) in [6.45, 7) is 0.476. The molecule has 0 radical (unpaired) electrons. The smallest absolute Gasteiger partial charge is 0.263 e. The summed E-state index contributed by atoms with van der Waals surface area (Å²) in [6, 6.07) is 18.0. The van der Waals surface area contributed by atoms with Crippen LogP contribution in [0.4, 0.5) is 0 Å². The van der Waals surface area contributed by atoms with E-state index in [1.807, 2.05) is 48.5 Å². The van der Waals surface area contributed by atoms with Gasteiger partial charge in [0, 0.05) is 24.2 Å². The molecule has 26 heavy (non-hydrogen) atoms. The molecule has 2 aromatic carbocycles. The zero-order chi connectivity index (χ0) is 17.8. The normalized spacial score (nSPS) is 26.2. The Hall–Kier alpha value is -2.21. The Labute approximate surface area is 155 Å². The molecular formula is C21H19NO3S. The van der Waals surface area contributed by atoms with Crippen molar-refractivity contribution in [1.29, 1.82) is 0 Å². The molecule has 0 unspecified atom stereocenters. The molecule has 2 aliphatic heterocycles. The van der Waals surface area contributed by atoms with Gasteiger partial charge in [-0.15, -0.1) is 11.3 Å². The first-order valence-corrected chi connectivity index (χ1v) is 9.61. The number of ether oxygens (including phenoxy) is 1. The van der Waals surface area contributed by atoms with Crippen LogP contribution in [0.3, 0.4) is 0 Å². The van der Waals surface area contributed by atoms with Gasteiger partial charge in [-0.3, -0.25) is 4.79 Å². The van der Waals surface area contributed by atoms with Gasteiger partial charge in [-0.1, -0.05) is 42.5 Å². The van der Waals surface area contributed by atoms with E-state index in [0.29, 0.717) is 6.54 Å². The highest BCUT2D eigenvalue weighted by atomic mass is 32.1. The molecule has 2 aliphatic rings. The monoisotopic (exact) mass is 365 g/mol. The van der Waals surface area contributed by atoms with Gasteiger partial charge < -0.3 is 14.7 Å². The van der Waals surface area contributed by atoms with E-state index in [2.05, 4.69) is 6.07 Å². The number of benzene rings is 2. The number of carbonyl (C=O) groups excluding carboxylic acids is 1. The second-order valence-electron chi connectivity index (χ2n) is 7.09. The first-order chi connectivity index (χ1) is 12.6. The number of hydrogen-bond acceptors (Lipinski definition) is 4. The minimum atomic E-state index is -0.576. The van der Waals surface area contributed by atoms with Crippen LogP contribution in [-0.2, 0) is 4.74 Å². The molecule has 0 spiro atoms. The summed E-state index contributed by atoms with van der Waals surface area (Å²) in [6.07, 6.45) is -0.981. The summed E-state index contributed by atoms with van der Waals surface area (Å²) in [5.41, 5.74) is 2.23. The third-order valence-corrected chi connectivity index (χ3v) is 6.61. The predicted molar refractivity (Wildman–Crippen MR) is 101 cm³/mol. The lowest BCUT2D eigenvalue weighted by atomic mass is 9.81. The summed E-state index contributed by atoms with van der Waals surface area (Å²) in [5.74, 6) is -0.104. The van der Waals surface area contributed by atoms with E-state index >= 15 is 0 Å². The second kappa shape index (κ2) is 5.91. The van der Waals surface area contributed by atoms with Crippen molar-refractivity contribution < 1.29 is 14.6 Å². The zero-order valence-corrected chi connectivity index (χ0v) is 15.1. The minimum Gasteiger partial charge on any atom is -0.390 e. The minimum absolute atomic E-state index is 0.00513. The van der Waals surface area contributed by atoms with E-state index in [1.54, 1.807) is 11.9 Å². The number of hydrogen-bond donors (Lipinski definition) is 1. The maximum Gasteiger partial charge on any atom is 0.263 e. The van der Waals surface area contributed by atoms with Crippen LogP contribution < -0.4 is 0 Å². The molecule has 4 atom stereocenters. The third kappa shape index (κ3) is 2.31. The van der Waals surface area contributed by atoms with E-state index in [0.717, 1.165) is 26.1 Å². The molecule has 132 valence electrons. The first-order valence-electron chi connectivity index (χ1n) is 8.80. The standard InChI is InChI=1S/C21H19NO3S/c1-22(21(24)17-10-12-6-2-5-9-16(12)26-17)11-15-18(23)20-14-8-4-3-7-13(14)19(15)25-20/h2-10,15,18-20,23H,11H2,1H3/t15-,18+,19+,20-/m1/s1. The van der Waals surface area contributed by atoms with Crippen molar-refractivity contribution in [2.75, 3.05) is 13.6 Å². The van der Waals surface area contributed by atoms with Gasteiger partial charge in [0.15, 0.2) is 0 Å². The van der Waals surface area contributed by atoms with E-state index in [4.69, 9.17) is 4.74 Å².